The van der Waals surface area contributed by atoms with Crippen LogP contribution in [0.2, 0.25) is 0 Å². The number of aromatic nitrogens is 1. The predicted octanol–water partition coefficient (Wildman–Crippen LogP) is 4.08. The Bertz CT molecular complexity index is 1300. The summed E-state index contributed by atoms with van der Waals surface area (Å²) >= 11 is 1.01. The Labute approximate surface area is 178 Å². The summed E-state index contributed by atoms with van der Waals surface area (Å²) in [5, 5.41) is 1.09. The third-order valence-corrected chi connectivity index (χ3v) is 6.74. The number of rotatable bonds is 5. The Hall–Kier alpha value is -3.23. The zero-order valence-corrected chi connectivity index (χ0v) is 17.4. The van der Waals surface area contributed by atoms with E-state index < -0.39 is 10.0 Å². The van der Waals surface area contributed by atoms with E-state index in [9.17, 15) is 13.2 Å². The van der Waals surface area contributed by atoms with Crippen molar-refractivity contribution in [1.82, 2.24) is 9.88 Å². The van der Waals surface area contributed by atoms with Gasteiger partial charge in [0.25, 0.3) is 15.9 Å². The lowest BCUT2D eigenvalue weighted by molar-refractivity contribution is -0.121. The highest BCUT2D eigenvalue weighted by Crippen LogP contribution is 2.33. The highest BCUT2D eigenvalue weighted by molar-refractivity contribution is 8.19. The van der Waals surface area contributed by atoms with Gasteiger partial charge in [0, 0.05) is 11.9 Å². The van der Waals surface area contributed by atoms with Crippen LogP contribution in [0.4, 0.5) is 0 Å². The molecule has 3 aromatic rings. The molecule has 1 aliphatic heterocycles. The first-order valence-corrected chi connectivity index (χ1v) is 11.3. The Morgan fingerprint density at radius 1 is 1.03 bits per heavy atom. The van der Waals surface area contributed by atoms with E-state index in [4.69, 9.17) is 0 Å². The van der Waals surface area contributed by atoms with Gasteiger partial charge < -0.3 is 0 Å². The molecule has 30 heavy (non-hydrogen) atoms. The lowest BCUT2D eigenvalue weighted by Gasteiger charge is -2.12. The number of hydrogen-bond donors (Lipinski definition) is 0. The molecule has 6 nitrogen and oxygen atoms in total. The topological polar surface area (TPSA) is 79.7 Å². The molecule has 0 unspecified atom stereocenters. The van der Waals surface area contributed by atoms with E-state index in [1.165, 1.54) is 23.1 Å². The zero-order valence-electron chi connectivity index (χ0n) is 15.8. The van der Waals surface area contributed by atoms with E-state index in [1.54, 1.807) is 24.3 Å². The molecule has 1 aliphatic rings. The van der Waals surface area contributed by atoms with Crippen molar-refractivity contribution in [3.05, 3.63) is 90.0 Å². The maximum Gasteiger partial charge on any atom is 0.284 e. The summed E-state index contributed by atoms with van der Waals surface area (Å²) < 4.78 is 29.2. The van der Waals surface area contributed by atoms with Crippen molar-refractivity contribution < 1.29 is 13.2 Å². The van der Waals surface area contributed by atoms with Crippen LogP contribution in [0.1, 0.15) is 5.69 Å². The van der Waals surface area contributed by atoms with Crippen LogP contribution in [0.5, 0.6) is 0 Å². The van der Waals surface area contributed by atoms with E-state index in [0.717, 1.165) is 22.7 Å². The van der Waals surface area contributed by atoms with Crippen LogP contribution in [0.15, 0.2) is 93.6 Å². The van der Waals surface area contributed by atoms with Gasteiger partial charge in [0.1, 0.15) is 0 Å². The average molecular weight is 436 g/mol. The lowest BCUT2D eigenvalue weighted by Crippen LogP contribution is -2.29. The van der Waals surface area contributed by atoms with Crippen LogP contribution >= 0.6 is 11.8 Å². The summed E-state index contributed by atoms with van der Waals surface area (Å²) in [6, 6.07) is 19.3. The molecule has 0 aliphatic carbocycles. The predicted molar refractivity (Wildman–Crippen MR) is 120 cm³/mol. The summed E-state index contributed by atoms with van der Waals surface area (Å²) in [6.45, 7) is 3.80. The first kappa shape index (κ1) is 20.1. The van der Waals surface area contributed by atoms with E-state index >= 15 is 0 Å². The first-order valence-electron chi connectivity index (χ1n) is 9.06. The molecular weight excluding hydrogens is 418 g/mol. The minimum atomic E-state index is -3.95. The number of hydrogen-bond acceptors (Lipinski definition) is 5. The van der Waals surface area contributed by atoms with E-state index in [0.29, 0.717) is 10.6 Å². The second-order valence-electron chi connectivity index (χ2n) is 6.41. The third kappa shape index (κ3) is 4.05. The van der Waals surface area contributed by atoms with Gasteiger partial charge in [-0.2, -0.15) is 8.42 Å². The monoisotopic (exact) mass is 435 g/mol. The number of sulfonamides is 1. The number of carbonyl (C=O) groups excluding carboxylic acids is 1. The molecule has 2 aromatic carbocycles. The Kier molecular flexibility index (Phi) is 5.52. The van der Waals surface area contributed by atoms with Gasteiger partial charge in [-0.15, -0.1) is 11.0 Å². The number of fused-ring (bicyclic) bond motifs is 1. The third-order valence-electron chi connectivity index (χ3n) is 4.34. The van der Waals surface area contributed by atoms with Crippen molar-refractivity contribution in [3.8, 4) is 0 Å². The highest BCUT2D eigenvalue weighted by Gasteiger charge is 2.34. The van der Waals surface area contributed by atoms with Crippen LogP contribution < -0.4 is 0 Å². The number of thioether (sulfide) groups is 1. The van der Waals surface area contributed by atoms with E-state index in [2.05, 4.69) is 16.0 Å². The maximum atomic E-state index is 12.9. The van der Waals surface area contributed by atoms with Crippen molar-refractivity contribution in [3.63, 3.8) is 0 Å². The number of amidine groups is 1. The minimum Gasteiger partial charge on any atom is -0.282 e. The molecular formula is C22H17N3O3S2. The first-order chi connectivity index (χ1) is 14.5. The van der Waals surface area contributed by atoms with Crippen LogP contribution in [0.3, 0.4) is 0 Å². The number of amides is 1. The minimum absolute atomic E-state index is 0.0673. The molecule has 0 spiro atoms. The SMILES string of the molecule is C=CCN1C(=O)C(=Cc2ccc3ccccc3n2)SC1=NS(=O)(=O)c1ccccc1. The number of benzene rings is 2. The average Bonchev–Trinajstić information content (AvgIpc) is 3.03. The second-order valence-corrected chi connectivity index (χ2v) is 9.02. The Balaban J connectivity index is 1.72. The maximum absolute atomic E-state index is 12.9. The van der Waals surface area contributed by atoms with Crippen LogP contribution in [-0.4, -0.2) is 35.9 Å². The highest BCUT2D eigenvalue weighted by atomic mass is 32.2. The number of para-hydroxylation sites is 1. The largest absolute Gasteiger partial charge is 0.284 e. The van der Waals surface area contributed by atoms with Crippen LogP contribution in [0, 0.1) is 0 Å². The Morgan fingerprint density at radius 3 is 2.53 bits per heavy atom. The van der Waals surface area contributed by atoms with Gasteiger partial charge in [-0.1, -0.05) is 48.5 Å². The quantitative estimate of drug-likeness (QED) is 0.446. The molecule has 150 valence electrons. The van der Waals surface area contributed by atoms with E-state index in [1.807, 2.05) is 36.4 Å². The Morgan fingerprint density at radius 2 is 1.77 bits per heavy atom. The molecule has 0 atom stereocenters. The summed E-state index contributed by atoms with van der Waals surface area (Å²) in [7, 11) is -3.95. The van der Waals surface area contributed by atoms with Gasteiger partial charge in [-0.3, -0.25) is 9.69 Å². The van der Waals surface area contributed by atoms with Crippen molar-refractivity contribution in [1.29, 1.82) is 0 Å². The molecule has 1 aromatic heterocycles. The molecule has 4 rings (SSSR count). The summed E-state index contributed by atoms with van der Waals surface area (Å²) in [5.41, 5.74) is 1.42. The fourth-order valence-electron chi connectivity index (χ4n) is 2.91. The smallest absolute Gasteiger partial charge is 0.282 e. The van der Waals surface area contributed by atoms with Gasteiger partial charge in [0.2, 0.25) is 0 Å². The molecule has 1 saturated heterocycles. The van der Waals surface area contributed by atoms with Gasteiger partial charge in [-0.05, 0) is 42.1 Å². The number of nitrogens with zero attached hydrogens (tertiary/aromatic N) is 3. The molecule has 2 heterocycles. The van der Waals surface area contributed by atoms with Crippen molar-refractivity contribution in [2.75, 3.05) is 6.54 Å². The van der Waals surface area contributed by atoms with Crippen molar-refractivity contribution in [2.45, 2.75) is 4.90 Å². The van der Waals surface area contributed by atoms with Gasteiger partial charge in [0.05, 0.1) is 21.0 Å². The summed E-state index contributed by atoms with van der Waals surface area (Å²) in [5.74, 6) is -0.336. The fraction of sp³-hybridized carbons (Fsp3) is 0.0455. The van der Waals surface area contributed by atoms with E-state index in [-0.39, 0.29) is 22.5 Å². The molecule has 0 N–H and O–H groups in total. The van der Waals surface area contributed by atoms with Gasteiger partial charge in [0.15, 0.2) is 5.17 Å². The molecule has 0 radical (unpaired) electrons. The fourth-order valence-corrected chi connectivity index (χ4v) is 5.11. The summed E-state index contributed by atoms with van der Waals surface area (Å²) in [6.07, 6.45) is 3.17. The molecule has 8 heteroatoms. The second kappa shape index (κ2) is 8.25. The molecule has 1 fully saturated rings. The van der Waals surface area contributed by atoms with Crippen molar-refractivity contribution in [2.24, 2.45) is 4.40 Å². The number of pyridine rings is 1. The number of carbonyl (C=O) groups is 1. The van der Waals surface area contributed by atoms with Crippen LogP contribution in [0.25, 0.3) is 17.0 Å². The standard InChI is InChI=1S/C22H17N3O3S2/c1-2-14-25-21(26)20(15-17-13-12-16-8-6-7-11-19(16)23-17)29-22(25)24-30(27,28)18-9-4-3-5-10-18/h2-13,15H,1,14H2. The zero-order chi connectivity index (χ0) is 21.1. The molecule has 1 amide bonds. The molecule has 0 saturated carbocycles. The van der Waals surface area contributed by atoms with Crippen LogP contribution in [-0.2, 0) is 14.8 Å². The lowest BCUT2D eigenvalue weighted by atomic mass is 10.2. The normalized spacial score (nSPS) is 17.2. The van der Waals surface area contributed by atoms with Crippen molar-refractivity contribution >= 4 is 49.8 Å². The van der Waals surface area contributed by atoms with Gasteiger partial charge >= 0.3 is 0 Å². The summed E-state index contributed by atoms with van der Waals surface area (Å²) in [4.78, 5) is 19.1. The molecule has 0 bridgehead atoms. The van der Waals surface area contributed by atoms with Gasteiger partial charge in [-0.25, -0.2) is 4.98 Å².